The first-order valence-electron chi connectivity index (χ1n) is 6.54. The number of nitrogens with one attached hydrogen (secondary N) is 1. The number of hydrogen-bond donors (Lipinski definition) is 1. The largest absolute Gasteiger partial charge is 0.312 e. The highest BCUT2D eigenvalue weighted by molar-refractivity contribution is 5.11. The van der Waals surface area contributed by atoms with Crippen molar-refractivity contribution in [1.82, 2.24) is 10.2 Å². The molecule has 3 heteroatoms. The lowest BCUT2D eigenvalue weighted by molar-refractivity contribution is 0.160. The van der Waals surface area contributed by atoms with E-state index in [2.05, 4.69) is 30.1 Å². The average molecular weight is 221 g/mol. The molecule has 1 aliphatic carbocycles. The van der Waals surface area contributed by atoms with E-state index in [9.17, 15) is 0 Å². The molecule has 0 aromatic heterocycles. The third-order valence-electron chi connectivity index (χ3n) is 4.08. The summed E-state index contributed by atoms with van der Waals surface area (Å²) in [6.45, 7) is 7.85. The van der Waals surface area contributed by atoms with Crippen LogP contribution in [-0.4, -0.2) is 36.6 Å². The molecule has 0 aromatic rings. The van der Waals surface area contributed by atoms with Gasteiger partial charge in [-0.05, 0) is 52.6 Å². The molecule has 0 atom stereocenters. The first-order chi connectivity index (χ1) is 7.65. The summed E-state index contributed by atoms with van der Waals surface area (Å²) in [6.07, 6.45) is 4.67. The number of piperidine rings is 1. The van der Waals surface area contributed by atoms with Crippen molar-refractivity contribution in [2.75, 3.05) is 19.6 Å². The van der Waals surface area contributed by atoms with Crippen LogP contribution in [0.5, 0.6) is 0 Å². The summed E-state index contributed by atoms with van der Waals surface area (Å²) >= 11 is 0. The molecule has 0 aromatic carbocycles. The maximum absolute atomic E-state index is 9.00. The van der Waals surface area contributed by atoms with Crippen molar-refractivity contribution in [3.05, 3.63) is 0 Å². The normalized spacial score (nSPS) is 25.6. The predicted molar refractivity (Wildman–Crippen MR) is 65.0 cm³/mol. The second kappa shape index (κ2) is 4.73. The lowest BCUT2D eigenvalue weighted by Crippen LogP contribution is -2.46. The van der Waals surface area contributed by atoms with Crippen molar-refractivity contribution < 1.29 is 0 Å². The molecule has 3 nitrogen and oxygen atoms in total. The second-order valence-corrected chi connectivity index (χ2v) is 5.68. The highest BCUT2D eigenvalue weighted by Crippen LogP contribution is 2.44. The number of hydrogen-bond acceptors (Lipinski definition) is 3. The molecule has 0 spiro atoms. The van der Waals surface area contributed by atoms with E-state index in [1.807, 2.05) is 0 Å². The quantitative estimate of drug-likeness (QED) is 0.786. The fourth-order valence-corrected chi connectivity index (χ4v) is 2.44. The van der Waals surface area contributed by atoms with E-state index in [1.165, 1.54) is 25.9 Å². The Bertz CT molecular complexity index is 267. The molecule has 90 valence electrons. The molecule has 1 aliphatic heterocycles. The van der Waals surface area contributed by atoms with Crippen molar-refractivity contribution in [2.45, 2.75) is 51.6 Å². The van der Waals surface area contributed by atoms with Gasteiger partial charge in [-0.15, -0.1) is 0 Å². The summed E-state index contributed by atoms with van der Waals surface area (Å²) in [6, 6.07) is 3.76. The van der Waals surface area contributed by atoms with Gasteiger partial charge in [-0.2, -0.15) is 5.26 Å². The van der Waals surface area contributed by atoms with E-state index in [-0.39, 0.29) is 5.41 Å². The van der Waals surface area contributed by atoms with E-state index >= 15 is 0 Å². The third kappa shape index (κ3) is 2.75. The van der Waals surface area contributed by atoms with Crippen LogP contribution in [0.3, 0.4) is 0 Å². The minimum Gasteiger partial charge on any atom is -0.312 e. The summed E-state index contributed by atoms with van der Waals surface area (Å²) in [5.74, 6) is 0. The van der Waals surface area contributed by atoms with E-state index in [0.717, 1.165) is 19.4 Å². The first-order valence-corrected chi connectivity index (χ1v) is 6.54. The van der Waals surface area contributed by atoms with Crippen molar-refractivity contribution >= 4 is 0 Å². The molecule has 1 saturated carbocycles. The Balaban J connectivity index is 1.68. The van der Waals surface area contributed by atoms with Crippen LogP contribution in [-0.2, 0) is 0 Å². The van der Waals surface area contributed by atoms with Gasteiger partial charge in [0, 0.05) is 18.6 Å². The van der Waals surface area contributed by atoms with Crippen LogP contribution < -0.4 is 5.32 Å². The zero-order chi connectivity index (χ0) is 11.6. The van der Waals surface area contributed by atoms with Gasteiger partial charge in [0.05, 0.1) is 11.5 Å². The van der Waals surface area contributed by atoms with Gasteiger partial charge in [-0.1, -0.05) is 0 Å². The Hall–Kier alpha value is -0.590. The number of nitrogens with zero attached hydrogens (tertiary/aromatic N) is 2. The molecular weight excluding hydrogens is 198 g/mol. The Morgan fingerprint density at radius 3 is 2.44 bits per heavy atom. The van der Waals surface area contributed by atoms with Crippen LogP contribution in [0.4, 0.5) is 0 Å². The molecule has 0 bridgehead atoms. The predicted octanol–water partition coefficient (Wildman–Crippen LogP) is 1.75. The Morgan fingerprint density at radius 1 is 1.38 bits per heavy atom. The highest BCUT2D eigenvalue weighted by Gasteiger charge is 2.43. The second-order valence-electron chi connectivity index (χ2n) is 5.68. The van der Waals surface area contributed by atoms with Crippen molar-refractivity contribution in [3.63, 3.8) is 0 Å². The van der Waals surface area contributed by atoms with Gasteiger partial charge in [0.2, 0.25) is 0 Å². The molecule has 2 fully saturated rings. The number of rotatable bonds is 4. The smallest absolute Gasteiger partial charge is 0.0703 e. The van der Waals surface area contributed by atoms with Crippen LogP contribution in [0.2, 0.25) is 0 Å². The summed E-state index contributed by atoms with van der Waals surface area (Å²) < 4.78 is 0. The zero-order valence-electron chi connectivity index (χ0n) is 10.5. The summed E-state index contributed by atoms with van der Waals surface area (Å²) in [5.41, 5.74) is 0.00911. The van der Waals surface area contributed by atoms with Crippen LogP contribution in [0.25, 0.3) is 0 Å². The van der Waals surface area contributed by atoms with Gasteiger partial charge in [0.25, 0.3) is 0 Å². The van der Waals surface area contributed by atoms with Crippen LogP contribution in [0, 0.1) is 16.7 Å². The van der Waals surface area contributed by atoms with Crippen molar-refractivity contribution in [2.24, 2.45) is 5.41 Å². The monoisotopic (exact) mass is 221 g/mol. The van der Waals surface area contributed by atoms with Crippen LogP contribution >= 0.6 is 0 Å². The van der Waals surface area contributed by atoms with Gasteiger partial charge in [-0.3, -0.25) is 0 Å². The molecular formula is C13H23N3. The molecule has 1 saturated heterocycles. The van der Waals surface area contributed by atoms with Gasteiger partial charge in [0.15, 0.2) is 0 Å². The topological polar surface area (TPSA) is 39.1 Å². The summed E-state index contributed by atoms with van der Waals surface area (Å²) in [4.78, 5) is 2.54. The molecule has 1 heterocycles. The van der Waals surface area contributed by atoms with Gasteiger partial charge in [-0.25, -0.2) is 0 Å². The van der Waals surface area contributed by atoms with E-state index in [1.54, 1.807) is 0 Å². The molecule has 2 rings (SSSR count). The fourth-order valence-electron chi connectivity index (χ4n) is 2.44. The van der Waals surface area contributed by atoms with Crippen molar-refractivity contribution in [3.8, 4) is 6.07 Å². The fraction of sp³-hybridized carbons (Fsp3) is 0.923. The van der Waals surface area contributed by atoms with Crippen LogP contribution in [0.1, 0.15) is 39.5 Å². The maximum Gasteiger partial charge on any atom is 0.0703 e. The third-order valence-corrected chi connectivity index (χ3v) is 4.08. The number of likely N-dealkylation sites (tertiary alicyclic amines) is 1. The minimum atomic E-state index is 0.00911. The number of nitriles is 1. The standard InChI is InChI=1S/C13H23N3/c1-11(2)16-7-3-12(4-8-16)15-10-13(9-14)5-6-13/h11-12,15H,3-8,10H2,1-2H3. The van der Waals surface area contributed by atoms with E-state index in [4.69, 9.17) is 5.26 Å². The Kier molecular flexibility index (Phi) is 3.51. The minimum absolute atomic E-state index is 0.00911. The van der Waals surface area contributed by atoms with E-state index < -0.39 is 0 Å². The van der Waals surface area contributed by atoms with Gasteiger partial charge in [0.1, 0.15) is 0 Å². The van der Waals surface area contributed by atoms with Gasteiger partial charge < -0.3 is 10.2 Å². The van der Waals surface area contributed by atoms with Crippen LogP contribution in [0.15, 0.2) is 0 Å². The average Bonchev–Trinajstić information content (AvgIpc) is 3.08. The Morgan fingerprint density at radius 2 is 2.00 bits per heavy atom. The first kappa shape index (κ1) is 11.9. The molecule has 16 heavy (non-hydrogen) atoms. The zero-order valence-corrected chi connectivity index (χ0v) is 10.5. The van der Waals surface area contributed by atoms with Crippen molar-refractivity contribution in [1.29, 1.82) is 5.26 Å². The molecule has 1 N–H and O–H groups in total. The van der Waals surface area contributed by atoms with Gasteiger partial charge >= 0.3 is 0 Å². The summed E-state index contributed by atoms with van der Waals surface area (Å²) in [5, 5.41) is 12.6. The SMILES string of the molecule is CC(C)N1CCC(NCC2(C#N)CC2)CC1. The lowest BCUT2D eigenvalue weighted by atomic mass is 10.0. The van der Waals surface area contributed by atoms with E-state index in [0.29, 0.717) is 12.1 Å². The molecule has 0 radical (unpaired) electrons. The maximum atomic E-state index is 9.00. The summed E-state index contributed by atoms with van der Waals surface area (Å²) in [7, 11) is 0. The molecule has 2 aliphatic rings. The lowest BCUT2D eigenvalue weighted by Gasteiger charge is -2.35. The molecule has 0 unspecified atom stereocenters. The highest BCUT2D eigenvalue weighted by atomic mass is 15.2. The Labute approximate surface area is 98.8 Å². The molecule has 0 amide bonds.